The number of hydrogen-bond acceptors (Lipinski definition) is 3. The lowest BCUT2D eigenvalue weighted by molar-refractivity contribution is -0.117. The molecule has 5 rings (SSSR count). The molecular weight excluding hydrogens is 410 g/mol. The second-order valence-electron chi connectivity index (χ2n) is 8.95. The summed E-state index contributed by atoms with van der Waals surface area (Å²) in [6.45, 7) is 8.10. The molecule has 1 saturated heterocycles. The number of rotatable bonds is 6. The molecule has 1 aliphatic heterocycles. The van der Waals surface area contributed by atoms with E-state index < -0.39 is 0 Å². The van der Waals surface area contributed by atoms with Crippen molar-refractivity contribution >= 4 is 22.6 Å². The lowest BCUT2D eigenvalue weighted by Gasteiger charge is -2.18. The number of amides is 1. The van der Waals surface area contributed by atoms with E-state index >= 15 is 0 Å². The molecule has 33 heavy (non-hydrogen) atoms. The van der Waals surface area contributed by atoms with Crippen LogP contribution in [0, 0.1) is 20.8 Å². The molecule has 5 nitrogen and oxygen atoms in total. The van der Waals surface area contributed by atoms with Crippen molar-refractivity contribution in [3.8, 4) is 5.75 Å². The van der Waals surface area contributed by atoms with Crippen LogP contribution in [0.5, 0.6) is 5.75 Å². The summed E-state index contributed by atoms with van der Waals surface area (Å²) in [5.74, 6) is 2.03. The maximum atomic E-state index is 13.0. The van der Waals surface area contributed by atoms with E-state index in [1.54, 1.807) is 0 Å². The zero-order chi connectivity index (χ0) is 22.9. The van der Waals surface area contributed by atoms with Gasteiger partial charge in [-0.2, -0.15) is 0 Å². The van der Waals surface area contributed by atoms with Gasteiger partial charge in [-0.25, -0.2) is 4.98 Å². The minimum atomic E-state index is 0.0467. The monoisotopic (exact) mass is 439 g/mol. The molecule has 3 aromatic carbocycles. The molecule has 1 atom stereocenters. The van der Waals surface area contributed by atoms with Crippen LogP contribution in [0.1, 0.15) is 34.9 Å². The fourth-order valence-corrected chi connectivity index (χ4v) is 4.62. The van der Waals surface area contributed by atoms with E-state index in [0.717, 1.165) is 28.3 Å². The molecule has 0 bridgehead atoms. The Kier molecular flexibility index (Phi) is 5.63. The smallest absolute Gasteiger partial charge is 0.227 e. The van der Waals surface area contributed by atoms with E-state index in [1.807, 2.05) is 47.4 Å². The molecule has 0 saturated carbocycles. The molecule has 0 spiro atoms. The van der Waals surface area contributed by atoms with Crippen molar-refractivity contribution in [3.63, 3.8) is 0 Å². The maximum absolute atomic E-state index is 13.0. The number of anilines is 1. The lowest BCUT2D eigenvalue weighted by Crippen LogP contribution is -2.24. The first-order valence-electron chi connectivity index (χ1n) is 11.5. The summed E-state index contributed by atoms with van der Waals surface area (Å²) in [5, 5.41) is 0. The summed E-state index contributed by atoms with van der Waals surface area (Å²) in [4.78, 5) is 19.8. The van der Waals surface area contributed by atoms with Gasteiger partial charge in [0, 0.05) is 24.6 Å². The first-order chi connectivity index (χ1) is 16.0. The Bertz CT molecular complexity index is 1320. The number of hydrogen-bond donors (Lipinski definition) is 0. The number of carbonyl (C=O) groups excluding carboxylic acids is 1. The normalized spacial score (nSPS) is 16.0. The minimum absolute atomic E-state index is 0.0467. The fraction of sp³-hybridized carbons (Fsp3) is 0.286. The second-order valence-corrected chi connectivity index (χ2v) is 8.95. The Balaban J connectivity index is 1.40. The van der Waals surface area contributed by atoms with Crippen LogP contribution in [0.15, 0.2) is 66.7 Å². The van der Waals surface area contributed by atoms with Gasteiger partial charge in [-0.1, -0.05) is 30.3 Å². The first-order valence-corrected chi connectivity index (χ1v) is 11.5. The SMILES string of the molecule is Cc1cccc(OCCn2c(C3CC(=O)N(c4ccc(C)c(C)c4)C3)nc3ccccc32)c1. The quantitative estimate of drug-likeness (QED) is 0.395. The Morgan fingerprint density at radius 1 is 0.970 bits per heavy atom. The predicted molar refractivity (Wildman–Crippen MR) is 132 cm³/mol. The first kappa shape index (κ1) is 21.3. The van der Waals surface area contributed by atoms with Crippen LogP contribution in [0.2, 0.25) is 0 Å². The zero-order valence-corrected chi connectivity index (χ0v) is 19.4. The number of aryl methyl sites for hydroxylation is 3. The van der Waals surface area contributed by atoms with Crippen molar-refractivity contribution in [1.82, 2.24) is 9.55 Å². The highest BCUT2D eigenvalue weighted by Crippen LogP contribution is 2.34. The van der Waals surface area contributed by atoms with Crippen molar-refractivity contribution in [3.05, 3.63) is 89.2 Å². The van der Waals surface area contributed by atoms with E-state index in [1.165, 1.54) is 16.7 Å². The van der Waals surface area contributed by atoms with E-state index in [0.29, 0.717) is 26.1 Å². The molecule has 0 N–H and O–H groups in total. The highest BCUT2D eigenvalue weighted by molar-refractivity contribution is 5.96. The molecule has 1 aliphatic rings. The maximum Gasteiger partial charge on any atom is 0.227 e. The molecule has 4 aromatic rings. The van der Waals surface area contributed by atoms with Gasteiger partial charge in [0.15, 0.2) is 0 Å². The van der Waals surface area contributed by atoms with Gasteiger partial charge in [0.05, 0.1) is 17.6 Å². The topological polar surface area (TPSA) is 47.4 Å². The largest absolute Gasteiger partial charge is 0.492 e. The average Bonchev–Trinajstić information content (AvgIpc) is 3.36. The molecule has 0 radical (unpaired) electrons. The lowest BCUT2D eigenvalue weighted by atomic mass is 10.1. The van der Waals surface area contributed by atoms with Crippen LogP contribution in [0.3, 0.4) is 0 Å². The molecule has 2 heterocycles. The highest BCUT2D eigenvalue weighted by Gasteiger charge is 2.35. The Hall–Kier alpha value is -3.60. The van der Waals surface area contributed by atoms with Crippen molar-refractivity contribution in [2.45, 2.75) is 39.7 Å². The Labute approximate surface area is 194 Å². The van der Waals surface area contributed by atoms with Gasteiger partial charge in [0.2, 0.25) is 5.91 Å². The van der Waals surface area contributed by atoms with Crippen molar-refractivity contribution < 1.29 is 9.53 Å². The van der Waals surface area contributed by atoms with Crippen molar-refractivity contribution in [2.75, 3.05) is 18.1 Å². The number of nitrogens with zero attached hydrogens (tertiary/aromatic N) is 3. The van der Waals surface area contributed by atoms with Crippen LogP contribution >= 0.6 is 0 Å². The number of ether oxygens (including phenoxy) is 1. The average molecular weight is 440 g/mol. The number of imidazole rings is 1. The number of fused-ring (bicyclic) bond motifs is 1. The Morgan fingerprint density at radius 2 is 1.82 bits per heavy atom. The van der Waals surface area contributed by atoms with Gasteiger partial charge in [-0.05, 0) is 73.9 Å². The van der Waals surface area contributed by atoms with E-state index in [4.69, 9.17) is 9.72 Å². The second kappa shape index (κ2) is 8.74. The molecule has 1 amide bonds. The predicted octanol–water partition coefficient (Wildman–Crippen LogP) is 5.56. The van der Waals surface area contributed by atoms with Gasteiger partial charge in [0.1, 0.15) is 18.2 Å². The molecular formula is C28H29N3O2. The summed E-state index contributed by atoms with van der Waals surface area (Å²) in [5.41, 5.74) is 6.62. The molecule has 0 aliphatic carbocycles. The molecule has 1 unspecified atom stereocenters. The van der Waals surface area contributed by atoms with Gasteiger partial charge >= 0.3 is 0 Å². The standard InChI is InChI=1S/C28H29N3O2/c1-19-7-6-8-24(15-19)33-14-13-30-26-10-5-4-9-25(26)29-28(30)22-17-27(32)31(18-22)23-12-11-20(2)21(3)16-23/h4-12,15-16,22H,13-14,17-18H2,1-3H3. The van der Waals surface area contributed by atoms with Gasteiger partial charge in [-0.3, -0.25) is 4.79 Å². The molecule has 1 fully saturated rings. The van der Waals surface area contributed by atoms with E-state index in [9.17, 15) is 4.79 Å². The summed E-state index contributed by atoms with van der Waals surface area (Å²) in [6.07, 6.45) is 0.467. The summed E-state index contributed by atoms with van der Waals surface area (Å²) >= 11 is 0. The third kappa shape index (κ3) is 4.23. The fourth-order valence-electron chi connectivity index (χ4n) is 4.62. The van der Waals surface area contributed by atoms with Crippen LogP contribution in [-0.4, -0.2) is 28.6 Å². The van der Waals surface area contributed by atoms with Crippen LogP contribution in [0.4, 0.5) is 5.69 Å². The molecule has 168 valence electrons. The van der Waals surface area contributed by atoms with Crippen LogP contribution in [-0.2, 0) is 11.3 Å². The highest BCUT2D eigenvalue weighted by atomic mass is 16.5. The zero-order valence-electron chi connectivity index (χ0n) is 19.4. The number of para-hydroxylation sites is 2. The third-order valence-corrected chi connectivity index (χ3v) is 6.55. The Morgan fingerprint density at radius 3 is 2.64 bits per heavy atom. The van der Waals surface area contributed by atoms with Gasteiger partial charge < -0.3 is 14.2 Å². The summed E-state index contributed by atoms with van der Waals surface area (Å²) in [6, 6.07) is 22.5. The van der Waals surface area contributed by atoms with E-state index in [-0.39, 0.29) is 11.8 Å². The van der Waals surface area contributed by atoms with Gasteiger partial charge in [0.25, 0.3) is 0 Å². The van der Waals surface area contributed by atoms with Crippen molar-refractivity contribution in [1.29, 1.82) is 0 Å². The summed E-state index contributed by atoms with van der Waals surface area (Å²) in [7, 11) is 0. The number of benzene rings is 3. The van der Waals surface area contributed by atoms with Crippen molar-refractivity contribution in [2.24, 2.45) is 0 Å². The number of aromatic nitrogens is 2. The molecule has 1 aromatic heterocycles. The summed E-state index contributed by atoms with van der Waals surface area (Å²) < 4.78 is 8.27. The van der Waals surface area contributed by atoms with Crippen LogP contribution in [0.25, 0.3) is 11.0 Å². The van der Waals surface area contributed by atoms with Crippen LogP contribution < -0.4 is 9.64 Å². The third-order valence-electron chi connectivity index (χ3n) is 6.55. The number of carbonyl (C=O) groups is 1. The van der Waals surface area contributed by atoms with E-state index in [2.05, 4.69) is 49.6 Å². The molecule has 5 heteroatoms. The minimum Gasteiger partial charge on any atom is -0.492 e. The van der Waals surface area contributed by atoms with Gasteiger partial charge in [-0.15, -0.1) is 0 Å².